The third-order valence-electron chi connectivity index (χ3n) is 6.15. The smallest absolute Gasteiger partial charge is 0.326 e. The zero-order valence-corrected chi connectivity index (χ0v) is 25.0. The molecule has 0 aromatic heterocycles. The number of nitrogen functional groups attached to an aromatic ring is 1. The number of anilines is 1. The first-order chi connectivity index (χ1) is 21.0. The van der Waals surface area contributed by atoms with Crippen molar-refractivity contribution in [1.29, 1.82) is 0 Å². The van der Waals surface area contributed by atoms with Crippen LogP contribution in [0.25, 0.3) is 0 Å². The number of nitrogens with two attached hydrogens (primary N) is 2. The Labute approximate surface area is 258 Å². The Morgan fingerprint density at radius 3 is 1.91 bits per heavy atom. The fraction of sp³-hybridized carbons (Fsp3) is 0.500. The van der Waals surface area contributed by atoms with Crippen molar-refractivity contribution in [3.8, 4) is 0 Å². The summed E-state index contributed by atoms with van der Waals surface area (Å²) in [6, 6.07) is 1.50. The van der Waals surface area contributed by atoms with Gasteiger partial charge in [-0.25, -0.2) is 4.79 Å². The van der Waals surface area contributed by atoms with E-state index in [9.17, 15) is 47.1 Å². The fourth-order valence-electron chi connectivity index (χ4n) is 3.83. The van der Waals surface area contributed by atoms with E-state index in [4.69, 9.17) is 21.1 Å². The van der Waals surface area contributed by atoms with E-state index in [1.165, 1.54) is 0 Å². The van der Waals surface area contributed by atoms with Gasteiger partial charge in [-0.3, -0.25) is 33.3 Å². The van der Waals surface area contributed by atoms with Gasteiger partial charge in [0.2, 0.25) is 23.6 Å². The molecule has 5 amide bonds. The topological polar surface area (TPSA) is 314 Å². The van der Waals surface area contributed by atoms with Gasteiger partial charge in [0.1, 0.15) is 23.9 Å². The van der Waals surface area contributed by atoms with Crippen molar-refractivity contribution in [2.45, 2.75) is 69.5 Å². The highest BCUT2D eigenvalue weighted by Gasteiger charge is 2.30. The quantitative estimate of drug-likeness (QED) is 0.0397. The number of carboxylic acid groups (broad SMARTS) is 2. The first-order valence-electron chi connectivity index (χ1n) is 13.7. The van der Waals surface area contributed by atoms with Crippen LogP contribution in [0.15, 0.2) is 24.3 Å². The van der Waals surface area contributed by atoms with Crippen LogP contribution in [-0.2, 0) is 38.9 Å². The Kier molecular flexibility index (Phi) is 16.0. The van der Waals surface area contributed by atoms with Gasteiger partial charge >= 0.3 is 11.9 Å². The SMILES string of the molecule is NC(=O)C(CCCCNC(=O)c1ccc(N)cc1)NC(=O)CCC(NC(=O)C(CS(=O)(=O)O)NC(=O)CCCC(=O)O)C(=O)O. The van der Waals surface area contributed by atoms with E-state index in [1.54, 1.807) is 24.3 Å². The van der Waals surface area contributed by atoms with Crippen molar-refractivity contribution in [3.63, 3.8) is 0 Å². The molecule has 45 heavy (non-hydrogen) atoms. The monoisotopic (exact) mass is 658 g/mol. The van der Waals surface area contributed by atoms with Crippen LogP contribution in [0.4, 0.5) is 5.69 Å². The van der Waals surface area contributed by atoms with E-state index in [0.29, 0.717) is 24.1 Å². The molecular weight excluding hydrogens is 620 g/mol. The van der Waals surface area contributed by atoms with Gasteiger partial charge < -0.3 is 42.9 Å². The Bertz CT molecular complexity index is 1340. The lowest BCUT2D eigenvalue weighted by Gasteiger charge is -2.21. The number of amides is 5. The minimum Gasteiger partial charge on any atom is -0.481 e. The number of primary amides is 1. The second-order valence-electron chi connectivity index (χ2n) is 9.95. The molecule has 250 valence electrons. The molecule has 0 heterocycles. The van der Waals surface area contributed by atoms with E-state index in [2.05, 4.69) is 10.6 Å². The number of hydrogen-bond donors (Lipinski definition) is 9. The second-order valence-corrected chi connectivity index (χ2v) is 11.4. The summed E-state index contributed by atoms with van der Waals surface area (Å²) in [4.78, 5) is 83.4. The molecule has 1 rings (SSSR count). The van der Waals surface area contributed by atoms with Crippen LogP contribution < -0.4 is 32.7 Å². The summed E-state index contributed by atoms with van der Waals surface area (Å²) < 4.78 is 31.9. The van der Waals surface area contributed by atoms with Gasteiger partial charge in [0.05, 0.1) is 0 Å². The van der Waals surface area contributed by atoms with E-state index >= 15 is 0 Å². The van der Waals surface area contributed by atoms with Gasteiger partial charge in [-0.05, 0) is 56.4 Å². The molecule has 0 aliphatic rings. The van der Waals surface area contributed by atoms with Gasteiger partial charge in [-0.2, -0.15) is 8.42 Å². The van der Waals surface area contributed by atoms with Crippen LogP contribution in [-0.4, -0.2) is 95.1 Å². The minimum atomic E-state index is -4.83. The standard InChI is InChI=1S/C26H38N6O12S/c27-16-9-7-15(8-10-16)24(38)29-13-2-1-4-17(23(28)37)30-21(34)12-11-18(26(40)41)32-25(39)19(14-45(42,43)44)31-20(33)5-3-6-22(35)36/h7-10,17-19H,1-6,11-14,27H2,(H2,28,37)(H,29,38)(H,30,34)(H,31,33)(H,32,39)(H,35,36)(H,40,41)(H,42,43,44). The van der Waals surface area contributed by atoms with Crippen LogP contribution in [0.3, 0.4) is 0 Å². The summed E-state index contributed by atoms with van der Waals surface area (Å²) >= 11 is 0. The summed E-state index contributed by atoms with van der Waals surface area (Å²) in [5.41, 5.74) is 11.9. The van der Waals surface area contributed by atoms with E-state index < -0.39 is 88.8 Å². The number of nitrogens with one attached hydrogen (secondary N) is 4. The van der Waals surface area contributed by atoms with Crippen LogP contribution >= 0.6 is 0 Å². The lowest BCUT2D eigenvalue weighted by molar-refractivity contribution is -0.142. The molecule has 1 aromatic rings. The second kappa shape index (κ2) is 18.8. The molecule has 0 aliphatic heterocycles. The number of aliphatic carboxylic acids is 2. The maximum atomic E-state index is 12.6. The number of carbonyl (C=O) groups is 7. The Morgan fingerprint density at radius 1 is 0.756 bits per heavy atom. The third-order valence-corrected chi connectivity index (χ3v) is 6.91. The molecule has 0 bridgehead atoms. The van der Waals surface area contributed by atoms with E-state index in [-0.39, 0.29) is 31.7 Å². The molecule has 0 saturated heterocycles. The predicted octanol–water partition coefficient (Wildman–Crippen LogP) is -1.88. The molecule has 0 saturated carbocycles. The normalized spacial score (nSPS) is 13.0. The van der Waals surface area contributed by atoms with E-state index in [1.807, 2.05) is 10.6 Å². The molecule has 0 aliphatic carbocycles. The molecule has 19 heteroatoms. The van der Waals surface area contributed by atoms with Gasteiger partial charge in [-0.1, -0.05) is 0 Å². The Morgan fingerprint density at radius 2 is 1.36 bits per heavy atom. The lowest BCUT2D eigenvalue weighted by atomic mass is 10.1. The summed E-state index contributed by atoms with van der Waals surface area (Å²) in [6.07, 6.45) is -1.02. The van der Waals surface area contributed by atoms with E-state index in [0.717, 1.165) is 0 Å². The van der Waals surface area contributed by atoms with Gasteiger partial charge in [0, 0.05) is 37.1 Å². The average molecular weight is 659 g/mol. The number of rotatable bonds is 21. The minimum absolute atomic E-state index is 0.112. The van der Waals surface area contributed by atoms with Crippen LogP contribution in [0.2, 0.25) is 0 Å². The molecule has 11 N–H and O–H groups in total. The highest BCUT2D eigenvalue weighted by Crippen LogP contribution is 2.07. The highest BCUT2D eigenvalue weighted by atomic mass is 32.2. The maximum Gasteiger partial charge on any atom is 0.326 e. The Hall–Kier alpha value is -4.78. The predicted molar refractivity (Wildman–Crippen MR) is 157 cm³/mol. The zero-order chi connectivity index (χ0) is 34.2. The van der Waals surface area contributed by atoms with Crippen molar-refractivity contribution in [2.24, 2.45) is 5.73 Å². The molecule has 3 atom stereocenters. The van der Waals surface area contributed by atoms with Gasteiger partial charge in [-0.15, -0.1) is 0 Å². The van der Waals surface area contributed by atoms with Crippen molar-refractivity contribution >= 4 is 57.3 Å². The number of unbranched alkanes of at least 4 members (excludes halogenated alkanes) is 1. The number of carbonyl (C=O) groups excluding carboxylic acids is 5. The van der Waals surface area contributed by atoms with Crippen molar-refractivity contribution in [3.05, 3.63) is 29.8 Å². The molecule has 0 spiro atoms. The van der Waals surface area contributed by atoms with Crippen molar-refractivity contribution < 1.29 is 56.7 Å². The number of benzene rings is 1. The largest absolute Gasteiger partial charge is 0.481 e. The Balaban J connectivity index is 2.63. The molecule has 3 unspecified atom stereocenters. The van der Waals surface area contributed by atoms with Crippen LogP contribution in [0, 0.1) is 0 Å². The molecular formula is C26H38N6O12S. The number of carboxylic acids is 2. The molecule has 18 nitrogen and oxygen atoms in total. The van der Waals surface area contributed by atoms with Gasteiger partial charge in [0.15, 0.2) is 0 Å². The first-order valence-corrected chi connectivity index (χ1v) is 15.3. The third kappa shape index (κ3) is 16.6. The maximum absolute atomic E-state index is 12.6. The van der Waals surface area contributed by atoms with Crippen molar-refractivity contribution in [1.82, 2.24) is 21.3 Å². The highest BCUT2D eigenvalue weighted by molar-refractivity contribution is 7.85. The summed E-state index contributed by atoms with van der Waals surface area (Å²) in [5.74, 6) is -8.29. The molecule has 0 radical (unpaired) electrons. The molecule has 0 fully saturated rings. The lowest BCUT2D eigenvalue weighted by Crippen LogP contribution is -2.54. The summed E-state index contributed by atoms with van der Waals surface area (Å²) in [6.45, 7) is 0.268. The molecule has 1 aromatic carbocycles. The summed E-state index contributed by atoms with van der Waals surface area (Å²) in [5, 5.41) is 27.2. The van der Waals surface area contributed by atoms with Crippen LogP contribution in [0.1, 0.15) is 61.7 Å². The van der Waals surface area contributed by atoms with Gasteiger partial charge in [0.25, 0.3) is 16.0 Å². The average Bonchev–Trinajstić information content (AvgIpc) is 2.92. The zero-order valence-electron chi connectivity index (χ0n) is 24.2. The fourth-order valence-corrected chi connectivity index (χ4v) is 4.49. The van der Waals surface area contributed by atoms with Crippen molar-refractivity contribution in [2.75, 3.05) is 18.0 Å². The van der Waals surface area contributed by atoms with Crippen LogP contribution in [0.5, 0.6) is 0 Å². The number of hydrogen-bond acceptors (Lipinski definition) is 10. The first kappa shape index (κ1) is 38.2. The summed E-state index contributed by atoms with van der Waals surface area (Å²) in [7, 11) is -4.83.